The van der Waals surface area contributed by atoms with E-state index in [0.29, 0.717) is 17.0 Å². The highest BCUT2D eigenvalue weighted by Gasteiger charge is 2.22. The number of aromatic nitrogens is 5. The summed E-state index contributed by atoms with van der Waals surface area (Å²) in [4.78, 5) is 8.74. The molecule has 3 aromatic heterocycles. The molecule has 0 saturated heterocycles. The number of aliphatic hydroxyl groups excluding tert-OH is 1. The van der Waals surface area contributed by atoms with Crippen molar-refractivity contribution in [1.29, 1.82) is 0 Å². The molecule has 0 radical (unpaired) electrons. The molecule has 1 N–H and O–H groups in total. The fourth-order valence-electron chi connectivity index (χ4n) is 2.18. The summed E-state index contributed by atoms with van der Waals surface area (Å²) in [5.41, 5.74) is 3.24. The minimum Gasteiger partial charge on any atom is -0.383 e. The molecule has 3 aromatic rings. The molecule has 0 saturated carbocycles. The van der Waals surface area contributed by atoms with Crippen LogP contribution in [0.25, 0.3) is 17.0 Å². The van der Waals surface area contributed by atoms with Crippen molar-refractivity contribution < 1.29 is 9.63 Å². The van der Waals surface area contributed by atoms with Gasteiger partial charge in [-0.1, -0.05) is 19.0 Å². The molecule has 0 amide bonds. The Balaban J connectivity index is 2.09. The maximum Gasteiger partial charge on any atom is 0.256 e. The van der Waals surface area contributed by atoms with Crippen LogP contribution >= 0.6 is 0 Å². The van der Waals surface area contributed by atoms with E-state index in [-0.39, 0.29) is 11.8 Å². The molecular weight excluding hydrogens is 270 g/mol. The lowest BCUT2D eigenvalue weighted by Crippen LogP contribution is -2.05. The molecule has 0 aliphatic rings. The van der Waals surface area contributed by atoms with Crippen LogP contribution in [0.4, 0.5) is 0 Å². The average molecular weight is 287 g/mol. The number of aliphatic hydroxyl groups is 1. The summed E-state index contributed by atoms with van der Waals surface area (Å²) < 4.78 is 6.88. The molecule has 0 aromatic carbocycles. The van der Waals surface area contributed by atoms with Crippen molar-refractivity contribution in [2.75, 3.05) is 0 Å². The van der Waals surface area contributed by atoms with Gasteiger partial charge in [0.25, 0.3) is 5.89 Å². The normalized spacial score (nSPS) is 13.2. The number of rotatable bonds is 3. The Morgan fingerprint density at radius 2 is 2.00 bits per heavy atom. The summed E-state index contributed by atoms with van der Waals surface area (Å²) >= 11 is 0. The molecule has 7 nitrogen and oxygen atoms in total. The number of hydrogen-bond donors (Lipinski definition) is 1. The molecule has 1 atom stereocenters. The second-order valence-electron chi connectivity index (χ2n) is 5.48. The summed E-state index contributed by atoms with van der Waals surface area (Å²) in [6.45, 7) is 7.66. The molecule has 7 heteroatoms. The lowest BCUT2D eigenvalue weighted by Gasteiger charge is -2.07. The van der Waals surface area contributed by atoms with Gasteiger partial charge < -0.3 is 9.63 Å². The Labute approximate surface area is 121 Å². The van der Waals surface area contributed by atoms with Gasteiger partial charge in [0.05, 0.1) is 11.8 Å². The first-order valence-corrected chi connectivity index (χ1v) is 6.81. The second-order valence-corrected chi connectivity index (χ2v) is 5.48. The first-order valence-electron chi connectivity index (χ1n) is 6.81. The van der Waals surface area contributed by atoms with Gasteiger partial charge >= 0.3 is 0 Å². The van der Waals surface area contributed by atoms with Crippen molar-refractivity contribution >= 4 is 5.65 Å². The largest absolute Gasteiger partial charge is 0.383 e. The number of hydrogen-bond acceptors (Lipinski definition) is 6. The van der Waals surface area contributed by atoms with Gasteiger partial charge in [-0.3, -0.25) is 0 Å². The molecule has 110 valence electrons. The van der Waals surface area contributed by atoms with Gasteiger partial charge in [-0.05, 0) is 25.8 Å². The van der Waals surface area contributed by atoms with E-state index >= 15 is 0 Å². The molecule has 3 heterocycles. The predicted molar refractivity (Wildman–Crippen MR) is 75.6 cm³/mol. The third kappa shape index (κ3) is 2.29. The van der Waals surface area contributed by atoms with Crippen LogP contribution in [0.5, 0.6) is 0 Å². The van der Waals surface area contributed by atoms with Crippen LogP contribution in [0.1, 0.15) is 37.2 Å². The van der Waals surface area contributed by atoms with Crippen molar-refractivity contribution in [3.63, 3.8) is 0 Å². The van der Waals surface area contributed by atoms with Gasteiger partial charge in [0, 0.05) is 11.4 Å². The van der Waals surface area contributed by atoms with Crippen molar-refractivity contribution in [3.8, 4) is 11.4 Å². The smallest absolute Gasteiger partial charge is 0.256 e. The van der Waals surface area contributed by atoms with E-state index in [2.05, 4.69) is 20.2 Å². The van der Waals surface area contributed by atoms with E-state index in [1.165, 1.54) is 0 Å². The molecule has 0 fully saturated rings. The van der Waals surface area contributed by atoms with Gasteiger partial charge in [0.15, 0.2) is 5.65 Å². The fraction of sp³-hybridized carbons (Fsp3) is 0.429. The zero-order valence-corrected chi connectivity index (χ0v) is 12.4. The maximum absolute atomic E-state index is 9.98. The van der Waals surface area contributed by atoms with Crippen LogP contribution in [0.3, 0.4) is 0 Å². The SMILES string of the molecule is Cc1cc(C)n2ncc(-c3noc([C@@H](O)C(C)C)n3)c2n1. The molecule has 0 bridgehead atoms. The van der Waals surface area contributed by atoms with Crippen molar-refractivity contribution in [1.82, 2.24) is 24.7 Å². The lowest BCUT2D eigenvalue weighted by atomic mass is 10.1. The summed E-state index contributed by atoms with van der Waals surface area (Å²) in [5.74, 6) is 0.603. The van der Waals surface area contributed by atoms with E-state index in [9.17, 15) is 5.11 Å². The lowest BCUT2D eigenvalue weighted by molar-refractivity contribution is 0.0896. The monoisotopic (exact) mass is 287 g/mol. The molecule has 0 aliphatic carbocycles. The van der Waals surface area contributed by atoms with Crippen molar-refractivity contribution in [2.45, 2.75) is 33.8 Å². The summed E-state index contributed by atoms with van der Waals surface area (Å²) in [7, 11) is 0. The topological polar surface area (TPSA) is 89.3 Å². The minimum absolute atomic E-state index is 0.00446. The van der Waals surface area contributed by atoms with Gasteiger partial charge in [-0.15, -0.1) is 0 Å². The van der Waals surface area contributed by atoms with Crippen LogP contribution in [0, 0.1) is 19.8 Å². The van der Waals surface area contributed by atoms with Crippen LogP contribution in [0.2, 0.25) is 0 Å². The Kier molecular flexibility index (Phi) is 3.21. The minimum atomic E-state index is -0.774. The third-order valence-electron chi connectivity index (χ3n) is 3.35. The van der Waals surface area contributed by atoms with E-state index in [1.807, 2.05) is 33.8 Å². The first-order chi connectivity index (χ1) is 9.97. The van der Waals surface area contributed by atoms with E-state index in [1.54, 1.807) is 10.7 Å². The highest BCUT2D eigenvalue weighted by atomic mass is 16.5. The summed E-state index contributed by atoms with van der Waals surface area (Å²) in [5, 5.41) is 18.2. The maximum atomic E-state index is 9.98. The third-order valence-corrected chi connectivity index (χ3v) is 3.35. The molecule has 0 aliphatic heterocycles. The molecule has 21 heavy (non-hydrogen) atoms. The second kappa shape index (κ2) is 4.92. The Hall–Kier alpha value is -2.28. The van der Waals surface area contributed by atoms with Crippen molar-refractivity contribution in [3.05, 3.63) is 29.5 Å². The zero-order chi connectivity index (χ0) is 15.1. The van der Waals surface area contributed by atoms with E-state index in [4.69, 9.17) is 4.52 Å². The quantitative estimate of drug-likeness (QED) is 0.793. The van der Waals surface area contributed by atoms with Crippen LogP contribution in [0.15, 0.2) is 16.8 Å². The highest BCUT2D eigenvalue weighted by molar-refractivity contribution is 5.72. The predicted octanol–water partition coefficient (Wildman–Crippen LogP) is 2.09. The van der Waals surface area contributed by atoms with Crippen LogP contribution < -0.4 is 0 Å². The molecule has 0 unspecified atom stereocenters. The summed E-state index contributed by atoms with van der Waals surface area (Å²) in [6.07, 6.45) is 0.884. The number of nitrogens with zero attached hydrogens (tertiary/aromatic N) is 5. The van der Waals surface area contributed by atoms with Gasteiger partial charge in [-0.25, -0.2) is 9.50 Å². The van der Waals surface area contributed by atoms with Gasteiger partial charge in [0.1, 0.15) is 6.10 Å². The zero-order valence-electron chi connectivity index (χ0n) is 12.4. The van der Waals surface area contributed by atoms with Crippen molar-refractivity contribution in [2.24, 2.45) is 5.92 Å². The fourth-order valence-corrected chi connectivity index (χ4v) is 2.18. The van der Waals surface area contributed by atoms with E-state index in [0.717, 1.165) is 11.4 Å². The highest BCUT2D eigenvalue weighted by Crippen LogP contribution is 2.25. The van der Waals surface area contributed by atoms with Crippen LogP contribution in [-0.2, 0) is 0 Å². The molecule has 0 spiro atoms. The standard InChI is InChI=1S/C14H17N5O2/c1-7(2)11(20)14-17-12(18-21-14)10-6-15-19-9(4)5-8(3)16-13(10)19/h5-7,11,20H,1-4H3/t11-/m0/s1. The Morgan fingerprint density at radius 3 is 2.71 bits per heavy atom. The van der Waals surface area contributed by atoms with Gasteiger partial charge in [0.2, 0.25) is 5.82 Å². The van der Waals surface area contributed by atoms with Gasteiger partial charge in [-0.2, -0.15) is 10.1 Å². The summed E-state index contributed by atoms with van der Waals surface area (Å²) in [6, 6.07) is 1.95. The first kappa shape index (κ1) is 13.7. The Morgan fingerprint density at radius 1 is 1.24 bits per heavy atom. The van der Waals surface area contributed by atoms with E-state index < -0.39 is 6.10 Å². The number of aryl methyl sites for hydroxylation is 2. The average Bonchev–Trinajstić information content (AvgIpc) is 3.03. The molecule has 3 rings (SSSR count). The Bertz CT molecular complexity index is 790. The number of fused-ring (bicyclic) bond motifs is 1. The molecular formula is C14H17N5O2. The van der Waals surface area contributed by atoms with Crippen LogP contribution in [-0.4, -0.2) is 29.8 Å².